The third-order valence-electron chi connectivity index (χ3n) is 4.58. The Balaban J connectivity index is 1.96. The monoisotopic (exact) mass is 345 g/mol. The van der Waals surface area contributed by atoms with Gasteiger partial charge < -0.3 is 10.2 Å². The summed E-state index contributed by atoms with van der Waals surface area (Å²) in [5, 5.41) is 2.86. The van der Waals surface area contributed by atoms with Crippen LogP contribution in [0.3, 0.4) is 0 Å². The van der Waals surface area contributed by atoms with Gasteiger partial charge in [0, 0.05) is 18.6 Å². The zero-order valence-corrected chi connectivity index (χ0v) is 15.9. The normalized spacial score (nSPS) is 15.3. The third kappa shape index (κ3) is 6.50. The van der Waals surface area contributed by atoms with Gasteiger partial charge in [0.1, 0.15) is 0 Å². The summed E-state index contributed by atoms with van der Waals surface area (Å²) in [6.07, 6.45) is 2.40. The van der Waals surface area contributed by atoms with Gasteiger partial charge in [-0.2, -0.15) is 0 Å². The first kappa shape index (κ1) is 19.4. The van der Waals surface area contributed by atoms with E-state index in [0.717, 1.165) is 5.56 Å². The van der Waals surface area contributed by atoms with Crippen molar-refractivity contribution >= 4 is 11.8 Å². The van der Waals surface area contributed by atoms with Gasteiger partial charge in [-0.25, -0.2) is 0 Å². The maximum atomic E-state index is 12.9. The molecule has 0 heterocycles. The molecule has 138 valence electrons. The third-order valence-corrected chi connectivity index (χ3v) is 4.58. The zero-order chi connectivity index (χ0) is 18.4. The Kier molecular flexibility index (Phi) is 7.00. The van der Waals surface area contributed by atoms with Crippen LogP contribution in [0.25, 0.3) is 0 Å². The summed E-state index contributed by atoms with van der Waals surface area (Å²) in [6.45, 7) is 7.13. The van der Waals surface area contributed by atoms with Crippen LogP contribution in [0.2, 0.25) is 0 Å². The van der Waals surface area contributed by atoms with E-state index >= 15 is 0 Å². The molecule has 1 aliphatic carbocycles. The second-order valence-electron chi connectivity index (χ2n) is 7.48. The van der Waals surface area contributed by atoms with Gasteiger partial charge in [0.25, 0.3) is 0 Å². The van der Waals surface area contributed by atoms with Crippen LogP contribution in [0.4, 0.5) is 0 Å². The lowest BCUT2D eigenvalue weighted by Gasteiger charge is -2.31. The molecule has 2 amide bonds. The fourth-order valence-electron chi connectivity index (χ4n) is 3.06. The van der Waals surface area contributed by atoms with Crippen molar-refractivity contribution < 1.29 is 9.59 Å². The van der Waals surface area contributed by atoms with Crippen LogP contribution in [0.1, 0.15) is 39.2 Å². The Labute approximate surface area is 151 Å². The Bertz CT molecular complexity index is 570. The van der Waals surface area contributed by atoms with Crippen molar-refractivity contribution in [3.8, 4) is 0 Å². The van der Waals surface area contributed by atoms with Crippen LogP contribution >= 0.6 is 0 Å². The van der Waals surface area contributed by atoms with Gasteiger partial charge >= 0.3 is 0 Å². The van der Waals surface area contributed by atoms with Gasteiger partial charge in [-0.3, -0.25) is 14.5 Å². The molecular weight excluding hydrogens is 314 g/mol. The van der Waals surface area contributed by atoms with E-state index in [1.165, 1.54) is 12.8 Å². The fraction of sp³-hybridized carbons (Fsp3) is 0.600. The van der Waals surface area contributed by atoms with Gasteiger partial charge in [-0.15, -0.1) is 0 Å². The minimum Gasteiger partial charge on any atom is -0.353 e. The highest BCUT2D eigenvalue weighted by Crippen LogP contribution is 2.35. The summed E-state index contributed by atoms with van der Waals surface area (Å²) in [5.74, 6) is 0.653. The number of carbonyl (C=O) groups is 2. The molecule has 1 atom stereocenters. The zero-order valence-electron chi connectivity index (χ0n) is 15.9. The number of hydrogen-bond acceptors (Lipinski definition) is 3. The predicted octanol–water partition coefficient (Wildman–Crippen LogP) is 2.27. The molecule has 1 fully saturated rings. The summed E-state index contributed by atoms with van der Waals surface area (Å²) < 4.78 is 0. The molecule has 0 aromatic heterocycles. The highest BCUT2D eigenvalue weighted by atomic mass is 16.2. The molecule has 0 saturated heterocycles. The minimum atomic E-state index is -0.0462. The molecular formula is C20H31N3O2. The number of carbonyl (C=O) groups excluding carboxylic acids is 2. The lowest BCUT2D eigenvalue weighted by atomic mass is 10.1. The highest BCUT2D eigenvalue weighted by Gasteiger charge is 2.34. The van der Waals surface area contributed by atoms with Crippen LogP contribution in [-0.4, -0.2) is 53.8 Å². The van der Waals surface area contributed by atoms with E-state index in [2.05, 4.69) is 24.4 Å². The van der Waals surface area contributed by atoms with E-state index in [-0.39, 0.29) is 37.0 Å². The van der Waals surface area contributed by atoms with E-state index < -0.39 is 0 Å². The van der Waals surface area contributed by atoms with Crippen molar-refractivity contribution in [3.05, 3.63) is 35.9 Å². The molecule has 5 heteroatoms. The number of amides is 2. The maximum Gasteiger partial charge on any atom is 0.237 e. The van der Waals surface area contributed by atoms with Crippen LogP contribution in [0.15, 0.2) is 30.3 Å². The Morgan fingerprint density at radius 2 is 1.76 bits per heavy atom. The van der Waals surface area contributed by atoms with Crippen molar-refractivity contribution in [1.29, 1.82) is 0 Å². The topological polar surface area (TPSA) is 52.7 Å². The summed E-state index contributed by atoms with van der Waals surface area (Å²) >= 11 is 0. The number of nitrogens with one attached hydrogen (secondary N) is 1. The van der Waals surface area contributed by atoms with Gasteiger partial charge in [0.15, 0.2) is 0 Å². The molecule has 0 spiro atoms. The quantitative estimate of drug-likeness (QED) is 0.747. The first-order chi connectivity index (χ1) is 11.9. The number of hydrogen-bond donors (Lipinski definition) is 1. The van der Waals surface area contributed by atoms with Crippen molar-refractivity contribution in [2.45, 2.75) is 52.2 Å². The van der Waals surface area contributed by atoms with E-state index in [1.807, 2.05) is 44.0 Å². The highest BCUT2D eigenvalue weighted by molar-refractivity contribution is 5.81. The second-order valence-corrected chi connectivity index (χ2v) is 7.48. The Morgan fingerprint density at radius 1 is 1.12 bits per heavy atom. The standard InChI is InChI=1S/C20H31N3O2/c1-15(2)21-19(24)13-22(4)14-20(25)23(16(3)18-10-11-18)12-17-8-6-5-7-9-17/h5-9,15-16,18H,10-14H2,1-4H3,(H,21,24)/t16-/m0/s1. The molecule has 1 aromatic rings. The van der Waals surface area contributed by atoms with Crippen LogP contribution in [0.5, 0.6) is 0 Å². The predicted molar refractivity (Wildman–Crippen MR) is 100.0 cm³/mol. The first-order valence-corrected chi connectivity index (χ1v) is 9.18. The summed E-state index contributed by atoms with van der Waals surface area (Å²) in [5.41, 5.74) is 1.14. The second kappa shape index (κ2) is 8.99. The van der Waals surface area contributed by atoms with Crippen LogP contribution in [0, 0.1) is 5.92 Å². The SMILES string of the molecule is CC(C)NC(=O)CN(C)CC(=O)N(Cc1ccccc1)[C@@H](C)C1CC1. The average Bonchev–Trinajstić information content (AvgIpc) is 3.36. The molecule has 0 unspecified atom stereocenters. The minimum absolute atomic E-state index is 0.0462. The molecule has 1 aromatic carbocycles. The van der Waals surface area contributed by atoms with Crippen LogP contribution in [-0.2, 0) is 16.1 Å². The van der Waals surface area contributed by atoms with Gasteiger partial charge in [-0.1, -0.05) is 30.3 Å². The summed E-state index contributed by atoms with van der Waals surface area (Å²) in [4.78, 5) is 28.5. The molecule has 2 rings (SSSR count). The lowest BCUT2D eigenvalue weighted by molar-refractivity contribution is -0.135. The molecule has 5 nitrogen and oxygen atoms in total. The molecule has 1 saturated carbocycles. The molecule has 25 heavy (non-hydrogen) atoms. The van der Waals surface area contributed by atoms with Crippen molar-refractivity contribution in [1.82, 2.24) is 15.1 Å². The number of nitrogens with zero attached hydrogens (tertiary/aromatic N) is 2. The summed E-state index contributed by atoms with van der Waals surface area (Å²) in [7, 11) is 1.82. The van der Waals surface area contributed by atoms with E-state index in [1.54, 1.807) is 4.90 Å². The largest absolute Gasteiger partial charge is 0.353 e. The number of likely N-dealkylation sites (N-methyl/N-ethyl adjacent to an activating group) is 1. The van der Waals surface area contributed by atoms with Crippen LogP contribution < -0.4 is 5.32 Å². The Morgan fingerprint density at radius 3 is 2.32 bits per heavy atom. The first-order valence-electron chi connectivity index (χ1n) is 9.18. The van der Waals surface area contributed by atoms with Crippen molar-refractivity contribution in [3.63, 3.8) is 0 Å². The van der Waals surface area contributed by atoms with Gasteiger partial charge in [0.2, 0.25) is 11.8 Å². The van der Waals surface area contributed by atoms with E-state index in [0.29, 0.717) is 12.5 Å². The average molecular weight is 345 g/mol. The molecule has 0 radical (unpaired) electrons. The number of benzene rings is 1. The van der Waals surface area contributed by atoms with Crippen molar-refractivity contribution in [2.24, 2.45) is 5.92 Å². The molecule has 1 aliphatic rings. The molecule has 1 N–H and O–H groups in total. The van der Waals surface area contributed by atoms with Crippen molar-refractivity contribution in [2.75, 3.05) is 20.1 Å². The molecule has 0 bridgehead atoms. The molecule has 0 aliphatic heterocycles. The Hall–Kier alpha value is -1.88. The summed E-state index contributed by atoms with van der Waals surface area (Å²) in [6, 6.07) is 10.5. The lowest BCUT2D eigenvalue weighted by Crippen LogP contribution is -2.46. The number of rotatable bonds is 9. The maximum absolute atomic E-state index is 12.9. The smallest absolute Gasteiger partial charge is 0.237 e. The fourth-order valence-corrected chi connectivity index (χ4v) is 3.06. The van der Waals surface area contributed by atoms with E-state index in [9.17, 15) is 9.59 Å². The van der Waals surface area contributed by atoms with E-state index in [4.69, 9.17) is 0 Å². The van der Waals surface area contributed by atoms with Gasteiger partial charge in [-0.05, 0) is 52.1 Å². The van der Waals surface area contributed by atoms with Gasteiger partial charge in [0.05, 0.1) is 13.1 Å².